The summed E-state index contributed by atoms with van der Waals surface area (Å²) in [6.45, 7) is 7.20. The van der Waals surface area contributed by atoms with Crippen molar-refractivity contribution in [3.05, 3.63) is 0 Å². The van der Waals surface area contributed by atoms with Crippen molar-refractivity contribution in [1.29, 1.82) is 0 Å². The molecule has 0 aromatic carbocycles. The summed E-state index contributed by atoms with van der Waals surface area (Å²) >= 11 is 6.10. The zero-order chi connectivity index (χ0) is 10.4. The maximum atomic E-state index is 6.10. The Morgan fingerprint density at radius 2 is 2.07 bits per heavy atom. The van der Waals surface area contributed by atoms with Gasteiger partial charge >= 0.3 is 0 Å². The van der Waals surface area contributed by atoms with Gasteiger partial charge in [0.2, 0.25) is 0 Å². The van der Waals surface area contributed by atoms with Crippen LogP contribution in [0.1, 0.15) is 52.9 Å². The van der Waals surface area contributed by atoms with Gasteiger partial charge in [0.25, 0.3) is 0 Å². The molecule has 82 valence electrons. The molecule has 0 aromatic heterocycles. The van der Waals surface area contributed by atoms with Crippen LogP contribution >= 0.6 is 11.6 Å². The first-order valence-electron chi connectivity index (χ1n) is 6.14. The van der Waals surface area contributed by atoms with Crippen molar-refractivity contribution < 1.29 is 0 Å². The van der Waals surface area contributed by atoms with Crippen LogP contribution in [0.5, 0.6) is 0 Å². The first-order valence-corrected chi connectivity index (χ1v) is 6.68. The highest BCUT2D eigenvalue weighted by Crippen LogP contribution is 2.75. The highest BCUT2D eigenvalue weighted by molar-refractivity contribution is 6.18. The van der Waals surface area contributed by atoms with Gasteiger partial charge in [-0.3, -0.25) is 0 Å². The standard InChI is InChI=1S/C13H23Cl/c1-4-10-6-5-7-13(8-10)11(9-14)12(13,2)3/h10-11H,4-9H2,1-3H3. The van der Waals surface area contributed by atoms with Gasteiger partial charge in [0.05, 0.1) is 0 Å². The van der Waals surface area contributed by atoms with E-state index in [4.69, 9.17) is 11.6 Å². The molecule has 0 amide bonds. The fourth-order valence-electron chi connectivity index (χ4n) is 4.08. The molecule has 0 N–H and O–H groups in total. The minimum Gasteiger partial charge on any atom is -0.126 e. The van der Waals surface area contributed by atoms with E-state index in [-0.39, 0.29) is 0 Å². The minimum absolute atomic E-state index is 0.530. The summed E-state index contributed by atoms with van der Waals surface area (Å²) in [7, 11) is 0. The van der Waals surface area contributed by atoms with Gasteiger partial charge in [-0.25, -0.2) is 0 Å². The molecule has 14 heavy (non-hydrogen) atoms. The van der Waals surface area contributed by atoms with E-state index < -0.39 is 0 Å². The van der Waals surface area contributed by atoms with Crippen molar-refractivity contribution in [1.82, 2.24) is 0 Å². The molecule has 0 aromatic rings. The first kappa shape index (κ1) is 10.8. The quantitative estimate of drug-likeness (QED) is 0.596. The molecule has 2 rings (SSSR count). The molecule has 0 heterocycles. The molecule has 2 fully saturated rings. The molecule has 0 aliphatic heterocycles. The van der Waals surface area contributed by atoms with E-state index in [0.717, 1.165) is 17.7 Å². The smallest absolute Gasteiger partial charge is 0.0262 e. The Labute approximate surface area is 93.4 Å². The molecule has 0 radical (unpaired) electrons. The maximum Gasteiger partial charge on any atom is 0.0262 e. The van der Waals surface area contributed by atoms with Gasteiger partial charge in [0, 0.05) is 5.88 Å². The normalized spacial score (nSPS) is 45.4. The Morgan fingerprint density at radius 1 is 1.36 bits per heavy atom. The summed E-state index contributed by atoms with van der Waals surface area (Å²) in [4.78, 5) is 0. The molecule has 0 nitrogen and oxygen atoms in total. The zero-order valence-electron chi connectivity index (χ0n) is 9.78. The topological polar surface area (TPSA) is 0 Å². The average molecular weight is 215 g/mol. The number of hydrogen-bond donors (Lipinski definition) is 0. The van der Waals surface area contributed by atoms with Crippen molar-refractivity contribution in [2.75, 3.05) is 5.88 Å². The van der Waals surface area contributed by atoms with E-state index >= 15 is 0 Å². The predicted molar refractivity (Wildman–Crippen MR) is 62.7 cm³/mol. The molecular weight excluding hydrogens is 192 g/mol. The second-order valence-electron chi connectivity index (χ2n) is 5.96. The van der Waals surface area contributed by atoms with Crippen molar-refractivity contribution in [2.45, 2.75) is 52.9 Å². The van der Waals surface area contributed by atoms with E-state index in [0.29, 0.717) is 10.8 Å². The summed E-state index contributed by atoms with van der Waals surface area (Å²) in [5.41, 5.74) is 1.16. The largest absolute Gasteiger partial charge is 0.126 e. The van der Waals surface area contributed by atoms with Crippen LogP contribution in [0.3, 0.4) is 0 Å². The Hall–Kier alpha value is 0.290. The third-order valence-corrected chi connectivity index (χ3v) is 5.67. The van der Waals surface area contributed by atoms with Crippen molar-refractivity contribution >= 4 is 11.6 Å². The average Bonchev–Trinajstić information content (AvgIpc) is 2.61. The number of hydrogen-bond acceptors (Lipinski definition) is 0. The molecule has 3 atom stereocenters. The summed E-state index contributed by atoms with van der Waals surface area (Å²) < 4.78 is 0. The first-order chi connectivity index (χ1) is 6.58. The van der Waals surface area contributed by atoms with Crippen LogP contribution in [0.15, 0.2) is 0 Å². The van der Waals surface area contributed by atoms with E-state index in [1.807, 2.05) is 0 Å². The third kappa shape index (κ3) is 1.26. The maximum absolute atomic E-state index is 6.10. The minimum atomic E-state index is 0.530. The lowest BCUT2D eigenvalue weighted by Crippen LogP contribution is -2.20. The fraction of sp³-hybridized carbons (Fsp3) is 1.00. The van der Waals surface area contributed by atoms with E-state index in [9.17, 15) is 0 Å². The van der Waals surface area contributed by atoms with Crippen LogP contribution in [-0.4, -0.2) is 5.88 Å². The molecule has 1 spiro atoms. The molecule has 0 bridgehead atoms. The lowest BCUT2D eigenvalue weighted by atomic mass is 9.74. The molecule has 1 heteroatoms. The van der Waals surface area contributed by atoms with Gasteiger partial charge in [-0.15, -0.1) is 11.6 Å². The molecule has 3 unspecified atom stereocenters. The summed E-state index contributed by atoms with van der Waals surface area (Å²) in [6, 6.07) is 0. The molecule has 2 saturated carbocycles. The van der Waals surface area contributed by atoms with Crippen LogP contribution in [0, 0.1) is 22.7 Å². The van der Waals surface area contributed by atoms with Gasteiger partial charge in [-0.2, -0.15) is 0 Å². The number of alkyl halides is 1. The van der Waals surface area contributed by atoms with E-state index in [2.05, 4.69) is 20.8 Å². The second kappa shape index (κ2) is 3.40. The molecule has 2 aliphatic rings. The van der Waals surface area contributed by atoms with Crippen LogP contribution in [-0.2, 0) is 0 Å². The second-order valence-corrected chi connectivity index (χ2v) is 6.26. The van der Waals surface area contributed by atoms with Crippen LogP contribution in [0.2, 0.25) is 0 Å². The Kier molecular flexibility index (Phi) is 2.62. The van der Waals surface area contributed by atoms with Gasteiger partial charge in [-0.1, -0.05) is 40.0 Å². The molecule has 0 saturated heterocycles. The van der Waals surface area contributed by atoms with Crippen LogP contribution < -0.4 is 0 Å². The number of halogens is 1. The van der Waals surface area contributed by atoms with Gasteiger partial charge in [-0.05, 0) is 35.5 Å². The third-order valence-electron chi connectivity index (χ3n) is 5.36. The van der Waals surface area contributed by atoms with E-state index in [1.54, 1.807) is 0 Å². The highest BCUT2D eigenvalue weighted by atomic mass is 35.5. The number of rotatable bonds is 2. The van der Waals surface area contributed by atoms with E-state index in [1.165, 1.54) is 32.1 Å². The highest BCUT2D eigenvalue weighted by Gasteiger charge is 2.69. The van der Waals surface area contributed by atoms with Gasteiger partial charge in [0.15, 0.2) is 0 Å². The van der Waals surface area contributed by atoms with Crippen molar-refractivity contribution in [2.24, 2.45) is 22.7 Å². The molecular formula is C13H23Cl. The summed E-state index contributed by atoms with van der Waals surface area (Å²) in [5.74, 6) is 2.66. The lowest BCUT2D eigenvalue weighted by Gasteiger charge is -2.31. The van der Waals surface area contributed by atoms with Gasteiger partial charge in [0.1, 0.15) is 0 Å². The Balaban J connectivity index is 2.10. The zero-order valence-corrected chi connectivity index (χ0v) is 10.5. The fourth-order valence-corrected chi connectivity index (χ4v) is 4.76. The lowest BCUT2D eigenvalue weighted by molar-refractivity contribution is 0.195. The Morgan fingerprint density at radius 3 is 2.57 bits per heavy atom. The summed E-state index contributed by atoms with van der Waals surface area (Å²) in [5, 5.41) is 0. The van der Waals surface area contributed by atoms with Crippen LogP contribution in [0.25, 0.3) is 0 Å². The SMILES string of the molecule is CCC1CCCC2(C1)C(CCl)C2(C)C. The summed E-state index contributed by atoms with van der Waals surface area (Å²) in [6.07, 6.45) is 7.16. The van der Waals surface area contributed by atoms with Gasteiger partial charge < -0.3 is 0 Å². The molecule has 2 aliphatic carbocycles. The Bertz CT molecular complexity index is 221. The predicted octanol–water partition coefficient (Wildman–Crippen LogP) is 4.47. The van der Waals surface area contributed by atoms with Crippen molar-refractivity contribution in [3.8, 4) is 0 Å². The monoisotopic (exact) mass is 214 g/mol. The van der Waals surface area contributed by atoms with Crippen molar-refractivity contribution in [3.63, 3.8) is 0 Å². The van der Waals surface area contributed by atoms with Crippen LogP contribution in [0.4, 0.5) is 0 Å².